The third kappa shape index (κ3) is 7.11. The first-order chi connectivity index (χ1) is 21.5. The average Bonchev–Trinajstić information content (AvgIpc) is 3.39. The van der Waals surface area contributed by atoms with Gasteiger partial charge in [-0.25, -0.2) is 4.39 Å². The van der Waals surface area contributed by atoms with Gasteiger partial charge < -0.3 is 9.64 Å². The molecule has 0 spiro atoms. The van der Waals surface area contributed by atoms with E-state index in [2.05, 4.69) is 70.5 Å². The lowest BCUT2D eigenvalue weighted by atomic mass is 9.88. The molecule has 6 rings (SSSR count). The predicted molar refractivity (Wildman–Crippen MR) is 179 cm³/mol. The van der Waals surface area contributed by atoms with Crippen LogP contribution in [0.25, 0.3) is 11.1 Å². The molecule has 1 heterocycles. The van der Waals surface area contributed by atoms with Crippen LogP contribution in [0, 0.1) is 11.7 Å². The van der Waals surface area contributed by atoms with Crippen molar-refractivity contribution < 1.29 is 13.9 Å². The van der Waals surface area contributed by atoms with Crippen molar-refractivity contribution in [2.24, 2.45) is 5.92 Å². The molecule has 2 unspecified atom stereocenters. The topological polar surface area (TPSA) is 29.5 Å². The van der Waals surface area contributed by atoms with Gasteiger partial charge in [0, 0.05) is 22.1 Å². The first kappa shape index (κ1) is 29.8. The lowest BCUT2D eigenvalue weighted by molar-refractivity contribution is -0.117. The zero-order chi connectivity index (χ0) is 30.3. The van der Waals surface area contributed by atoms with Gasteiger partial charge in [0.2, 0.25) is 5.91 Å². The Morgan fingerprint density at radius 1 is 0.750 bits per heavy atom. The molecule has 44 heavy (non-hydrogen) atoms. The molecule has 222 valence electrons. The molecule has 0 aliphatic carbocycles. The van der Waals surface area contributed by atoms with E-state index in [0.717, 1.165) is 69.4 Å². The van der Waals surface area contributed by atoms with Crippen LogP contribution in [0.3, 0.4) is 0 Å². The molecule has 1 aliphatic rings. The molecule has 0 bridgehead atoms. The number of benzene rings is 5. The van der Waals surface area contributed by atoms with Crippen molar-refractivity contribution in [3.8, 4) is 16.9 Å². The molecular formula is C39H35BrFNO2. The number of unbranched alkanes of at least 4 members (excludes halogenated alkanes) is 1. The summed E-state index contributed by atoms with van der Waals surface area (Å²) in [5.74, 6) is 0.829. The van der Waals surface area contributed by atoms with E-state index in [1.807, 2.05) is 65.6 Å². The van der Waals surface area contributed by atoms with Crippen molar-refractivity contribution >= 4 is 27.5 Å². The quantitative estimate of drug-likeness (QED) is 0.133. The van der Waals surface area contributed by atoms with E-state index in [1.165, 1.54) is 12.1 Å². The standard InChI is InChI=1S/C39H35BrFNO2/c40-33-19-24-36(37(26-33)44-27-29-10-3-1-4-11-29)39-32(14-8-7-9-28-15-20-34(41)21-16-28)25-38(43)42(39)35-22-17-31(18-23-35)30-12-5-2-6-13-30/h1-6,10-13,15-24,26,32,39H,7-9,14,25,27H2. The summed E-state index contributed by atoms with van der Waals surface area (Å²) in [4.78, 5) is 15.8. The molecule has 5 aromatic carbocycles. The maximum absolute atomic E-state index is 13.8. The monoisotopic (exact) mass is 647 g/mol. The molecule has 1 fully saturated rings. The Bertz CT molecular complexity index is 1670. The highest BCUT2D eigenvalue weighted by Gasteiger charge is 2.42. The van der Waals surface area contributed by atoms with E-state index in [9.17, 15) is 9.18 Å². The number of halogens is 2. The number of carbonyl (C=O) groups is 1. The zero-order valence-electron chi connectivity index (χ0n) is 24.5. The van der Waals surface area contributed by atoms with Gasteiger partial charge in [-0.3, -0.25) is 4.79 Å². The van der Waals surface area contributed by atoms with Crippen molar-refractivity contribution in [3.05, 3.63) is 154 Å². The van der Waals surface area contributed by atoms with Crippen molar-refractivity contribution in [3.63, 3.8) is 0 Å². The fourth-order valence-corrected chi connectivity index (χ4v) is 6.54. The molecule has 0 radical (unpaired) electrons. The average molecular weight is 649 g/mol. The van der Waals surface area contributed by atoms with E-state index in [1.54, 1.807) is 0 Å². The summed E-state index contributed by atoms with van der Waals surface area (Å²) in [6.45, 7) is 0.444. The van der Waals surface area contributed by atoms with Crippen LogP contribution in [-0.2, 0) is 17.8 Å². The number of hydrogen-bond donors (Lipinski definition) is 0. The summed E-state index contributed by atoms with van der Waals surface area (Å²) in [7, 11) is 0. The third-order valence-corrected chi connectivity index (χ3v) is 8.91. The number of aryl methyl sites for hydroxylation is 1. The normalized spacial score (nSPS) is 16.3. The Morgan fingerprint density at radius 2 is 1.43 bits per heavy atom. The number of carbonyl (C=O) groups excluding carboxylic acids is 1. The molecule has 1 aliphatic heterocycles. The van der Waals surface area contributed by atoms with Gasteiger partial charge in [-0.05, 0) is 83.8 Å². The number of hydrogen-bond acceptors (Lipinski definition) is 2. The maximum atomic E-state index is 13.8. The van der Waals surface area contributed by atoms with Crippen LogP contribution >= 0.6 is 15.9 Å². The van der Waals surface area contributed by atoms with Gasteiger partial charge in [-0.15, -0.1) is 0 Å². The molecule has 1 saturated heterocycles. The summed E-state index contributed by atoms with van der Waals surface area (Å²) >= 11 is 3.64. The Hall–Kier alpha value is -4.22. The number of amides is 1. The molecule has 2 atom stereocenters. The van der Waals surface area contributed by atoms with E-state index in [0.29, 0.717) is 13.0 Å². The highest BCUT2D eigenvalue weighted by molar-refractivity contribution is 9.10. The predicted octanol–water partition coefficient (Wildman–Crippen LogP) is 10.3. The second-order valence-corrected chi connectivity index (χ2v) is 12.3. The van der Waals surface area contributed by atoms with Gasteiger partial charge in [-0.1, -0.05) is 113 Å². The Kier molecular flexibility index (Phi) is 9.52. The molecule has 0 saturated carbocycles. The van der Waals surface area contributed by atoms with Crippen molar-refractivity contribution in [2.45, 2.75) is 44.8 Å². The van der Waals surface area contributed by atoms with Crippen LogP contribution in [-0.4, -0.2) is 5.91 Å². The maximum Gasteiger partial charge on any atom is 0.227 e. The summed E-state index contributed by atoms with van der Waals surface area (Å²) in [5, 5.41) is 0. The second kappa shape index (κ2) is 14.0. The largest absolute Gasteiger partial charge is 0.489 e. The minimum atomic E-state index is -0.210. The van der Waals surface area contributed by atoms with E-state index in [-0.39, 0.29) is 23.7 Å². The van der Waals surface area contributed by atoms with Gasteiger partial charge in [0.25, 0.3) is 0 Å². The number of nitrogens with zero attached hydrogens (tertiary/aromatic N) is 1. The van der Waals surface area contributed by atoms with Gasteiger partial charge in [0.15, 0.2) is 0 Å². The fraction of sp³-hybridized carbons (Fsp3) is 0.205. The third-order valence-electron chi connectivity index (χ3n) is 8.42. The molecule has 5 aromatic rings. The smallest absolute Gasteiger partial charge is 0.227 e. The first-order valence-corrected chi connectivity index (χ1v) is 16.0. The highest BCUT2D eigenvalue weighted by Crippen LogP contribution is 2.47. The summed E-state index contributed by atoms with van der Waals surface area (Å²) in [5.41, 5.74) is 6.40. The summed E-state index contributed by atoms with van der Waals surface area (Å²) in [6.07, 6.45) is 4.23. The van der Waals surface area contributed by atoms with Gasteiger partial charge in [0.1, 0.15) is 18.2 Å². The molecule has 1 amide bonds. The highest BCUT2D eigenvalue weighted by atomic mass is 79.9. The Morgan fingerprint density at radius 3 is 2.16 bits per heavy atom. The van der Waals surface area contributed by atoms with Crippen molar-refractivity contribution in [1.82, 2.24) is 0 Å². The van der Waals surface area contributed by atoms with Gasteiger partial charge >= 0.3 is 0 Å². The number of anilines is 1. The lowest BCUT2D eigenvalue weighted by Crippen LogP contribution is -2.29. The minimum absolute atomic E-state index is 0.128. The van der Waals surface area contributed by atoms with Gasteiger partial charge in [-0.2, -0.15) is 0 Å². The van der Waals surface area contributed by atoms with Crippen LogP contribution < -0.4 is 9.64 Å². The van der Waals surface area contributed by atoms with Crippen molar-refractivity contribution in [2.75, 3.05) is 4.90 Å². The van der Waals surface area contributed by atoms with E-state index < -0.39 is 0 Å². The SMILES string of the molecule is O=C1CC(CCCCc2ccc(F)cc2)C(c2ccc(Br)cc2OCc2ccccc2)N1c1ccc(-c2ccccc2)cc1. The molecule has 5 heteroatoms. The van der Waals surface area contributed by atoms with E-state index in [4.69, 9.17) is 4.74 Å². The van der Waals surface area contributed by atoms with Crippen LogP contribution in [0.1, 0.15) is 48.4 Å². The number of ether oxygens (including phenoxy) is 1. The Labute approximate surface area is 267 Å². The fourth-order valence-electron chi connectivity index (χ4n) is 6.20. The summed E-state index contributed by atoms with van der Waals surface area (Å²) < 4.78 is 20.8. The minimum Gasteiger partial charge on any atom is -0.489 e. The van der Waals surface area contributed by atoms with Crippen LogP contribution in [0.2, 0.25) is 0 Å². The van der Waals surface area contributed by atoms with Crippen LogP contribution in [0.5, 0.6) is 5.75 Å². The van der Waals surface area contributed by atoms with E-state index >= 15 is 0 Å². The first-order valence-electron chi connectivity index (χ1n) is 15.2. The van der Waals surface area contributed by atoms with Crippen molar-refractivity contribution in [1.29, 1.82) is 0 Å². The Balaban J connectivity index is 1.28. The molecule has 0 aromatic heterocycles. The lowest BCUT2D eigenvalue weighted by Gasteiger charge is -2.30. The zero-order valence-corrected chi connectivity index (χ0v) is 26.1. The molecular weight excluding hydrogens is 613 g/mol. The van der Waals surface area contributed by atoms with Crippen LogP contribution in [0.4, 0.5) is 10.1 Å². The molecule has 3 nitrogen and oxygen atoms in total. The van der Waals surface area contributed by atoms with Gasteiger partial charge in [0.05, 0.1) is 6.04 Å². The second-order valence-electron chi connectivity index (χ2n) is 11.4. The van der Waals surface area contributed by atoms with Crippen LogP contribution in [0.15, 0.2) is 132 Å². The molecule has 0 N–H and O–H groups in total. The number of rotatable bonds is 11. The summed E-state index contributed by atoms with van der Waals surface area (Å²) in [6, 6.07) is 41.5.